The quantitative estimate of drug-likeness (QED) is 0.401. The van der Waals surface area contributed by atoms with Crippen LogP contribution >= 0.6 is 0 Å². The van der Waals surface area contributed by atoms with Crippen LogP contribution in [0.15, 0.2) is 12.1 Å². The zero-order chi connectivity index (χ0) is 17.6. The number of phenols is 3. The lowest BCUT2D eigenvalue weighted by Crippen LogP contribution is -2.66. The van der Waals surface area contributed by atoms with E-state index in [1.165, 1.54) is 12.1 Å². The molecule has 2 amide bonds. The van der Waals surface area contributed by atoms with E-state index in [-0.39, 0.29) is 17.8 Å². The Hall–Kier alpha value is -2.15. The number of nitrogens with two attached hydrogens (primary N) is 1. The largest absolute Gasteiger partial charge is 0.504 e. The van der Waals surface area contributed by atoms with Crippen LogP contribution in [0, 0.1) is 0 Å². The van der Waals surface area contributed by atoms with Gasteiger partial charge < -0.3 is 31.3 Å². The van der Waals surface area contributed by atoms with Gasteiger partial charge in [-0.3, -0.25) is 0 Å². The molecule has 7 nitrogen and oxygen atoms in total. The number of rotatable bonds is 1. The maximum atomic E-state index is 12.8. The number of carbonyl (C=O) groups is 1. The van der Waals surface area contributed by atoms with E-state index in [4.69, 9.17) is 5.73 Å². The topological polar surface area (TPSA) is 119 Å². The zero-order valence-corrected chi connectivity index (χ0v) is 13.9. The molecule has 1 fully saturated rings. The highest BCUT2D eigenvalue weighted by Gasteiger charge is 2.47. The lowest BCUT2D eigenvalue weighted by molar-refractivity contribution is 0.00876. The molecule has 0 radical (unpaired) electrons. The number of urea groups is 1. The first-order valence-electron chi connectivity index (χ1n) is 7.56. The number of amides is 2. The van der Waals surface area contributed by atoms with Gasteiger partial charge in [0.25, 0.3) is 0 Å². The van der Waals surface area contributed by atoms with Crippen LogP contribution in [0.1, 0.15) is 40.5 Å². The summed E-state index contributed by atoms with van der Waals surface area (Å²) < 4.78 is 0. The lowest BCUT2D eigenvalue weighted by Gasteiger charge is -2.54. The van der Waals surface area contributed by atoms with Gasteiger partial charge in [-0.15, -0.1) is 0 Å². The Kier molecular flexibility index (Phi) is 4.11. The Bertz CT molecular complexity index is 587. The third-order valence-electron chi connectivity index (χ3n) is 4.26. The lowest BCUT2D eigenvalue weighted by atomic mass is 9.77. The molecule has 1 aromatic rings. The van der Waals surface area contributed by atoms with Gasteiger partial charge in [0.15, 0.2) is 17.2 Å². The van der Waals surface area contributed by atoms with Crippen LogP contribution in [-0.4, -0.2) is 43.4 Å². The number of nitrogens with zero attached hydrogens (tertiary/aromatic N) is 1. The molecule has 128 valence electrons. The normalized spacial score (nSPS) is 20.3. The second-order valence-corrected chi connectivity index (χ2v) is 7.42. The van der Waals surface area contributed by atoms with Crippen molar-refractivity contribution in [3.63, 3.8) is 0 Å². The molecular formula is C16H25N3O4. The summed E-state index contributed by atoms with van der Waals surface area (Å²) >= 11 is 0. The smallest absolute Gasteiger partial charge is 0.322 e. The van der Waals surface area contributed by atoms with E-state index < -0.39 is 28.3 Å². The van der Waals surface area contributed by atoms with Crippen molar-refractivity contribution >= 4 is 11.7 Å². The van der Waals surface area contributed by atoms with Crippen LogP contribution in [0.4, 0.5) is 10.5 Å². The molecule has 0 spiro atoms. The van der Waals surface area contributed by atoms with Gasteiger partial charge in [-0.05, 0) is 40.5 Å². The number of aromatic hydroxyl groups is 3. The summed E-state index contributed by atoms with van der Waals surface area (Å²) in [5, 5.41) is 31.1. The molecule has 0 saturated carbocycles. The van der Waals surface area contributed by atoms with Crippen molar-refractivity contribution in [3.05, 3.63) is 12.1 Å². The molecule has 6 N–H and O–H groups in total. The highest BCUT2D eigenvalue weighted by molar-refractivity contribution is 5.91. The van der Waals surface area contributed by atoms with Gasteiger partial charge in [0.05, 0.1) is 5.69 Å². The molecule has 1 aliphatic heterocycles. The molecule has 0 unspecified atom stereocenters. The van der Waals surface area contributed by atoms with Gasteiger partial charge in [-0.1, -0.05) is 0 Å². The van der Waals surface area contributed by atoms with Crippen LogP contribution in [0.5, 0.6) is 17.2 Å². The monoisotopic (exact) mass is 323 g/mol. The van der Waals surface area contributed by atoms with Gasteiger partial charge in [0, 0.05) is 29.3 Å². The highest BCUT2D eigenvalue weighted by atomic mass is 16.3. The average molecular weight is 323 g/mol. The summed E-state index contributed by atoms with van der Waals surface area (Å²) in [6.45, 7) is 7.83. The van der Waals surface area contributed by atoms with Gasteiger partial charge in [-0.2, -0.15) is 0 Å². The van der Waals surface area contributed by atoms with Gasteiger partial charge >= 0.3 is 6.03 Å². The molecule has 23 heavy (non-hydrogen) atoms. The Labute approximate surface area is 135 Å². The summed E-state index contributed by atoms with van der Waals surface area (Å²) in [5.41, 5.74) is 5.43. The third-order valence-corrected chi connectivity index (χ3v) is 4.26. The van der Waals surface area contributed by atoms with Crippen LogP contribution in [0.3, 0.4) is 0 Å². The molecular weight excluding hydrogens is 298 g/mol. The number of piperidine rings is 1. The van der Waals surface area contributed by atoms with E-state index in [1.54, 1.807) is 4.90 Å². The predicted octanol–water partition coefficient (Wildman–Crippen LogP) is 2.32. The Morgan fingerprint density at radius 1 is 1.13 bits per heavy atom. The average Bonchev–Trinajstić information content (AvgIpc) is 2.31. The summed E-state index contributed by atoms with van der Waals surface area (Å²) in [5.74, 6) is -1.62. The SMILES string of the molecule is CC1(C)CC(N)CC(C)(C)N1C(=O)Nc1cc(O)c(O)c(O)c1. The minimum Gasteiger partial charge on any atom is -0.504 e. The van der Waals surface area contributed by atoms with E-state index in [9.17, 15) is 20.1 Å². The second kappa shape index (κ2) is 5.49. The molecule has 2 rings (SSSR count). The summed E-state index contributed by atoms with van der Waals surface area (Å²) in [6.07, 6.45) is 1.35. The van der Waals surface area contributed by atoms with Gasteiger partial charge in [0.2, 0.25) is 0 Å². The molecule has 7 heteroatoms. The second-order valence-electron chi connectivity index (χ2n) is 7.42. The van der Waals surface area contributed by atoms with E-state index in [0.717, 1.165) is 0 Å². The number of nitrogens with one attached hydrogen (secondary N) is 1. The van der Waals surface area contributed by atoms with E-state index in [2.05, 4.69) is 5.32 Å². The molecule has 1 aromatic carbocycles. The van der Waals surface area contributed by atoms with Crippen LogP contribution in [0.2, 0.25) is 0 Å². The van der Waals surface area contributed by atoms with Gasteiger partial charge in [-0.25, -0.2) is 4.79 Å². The summed E-state index contributed by atoms with van der Waals surface area (Å²) in [4.78, 5) is 14.5. The Balaban J connectivity index is 2.29. The molecule has 1 saturated heterocycles. The number of phenolic OH excluding ortho intramolecular Hbond substituents is 3. The van der Waals surface area contributed by atoms with Crippen molar-refractivity contribution in [2.45, 2.75) is 57.7 Å². The number of likely N-dealkylation sites (tertiary alicyclic amines) is 1. The molecule has 0 bridgehead atoms. The summed E-state index contributed by atoms with van der Waals surface area (Å²) in [7, 11) is 0. The van der Waals surface area contributed by atoms with Crippen LogP contribution in [0.25, 0.3) is 0 Å². The predicted molar refractivity (Wildman–Crippen MR) is 87.7 cm³/mol. The molecule has 1 heterocycles. The number of hydrogen-bond acceptors (Lipinski definition) is 5. The van der Waals surface area contributed by atoms with Crippen molar-refractivity contribution < 1.29 is 20.1 Å². The third kappa shape index (κ3) is 3.29. The Morgan fingerprint density at radius 3 is 2.00 bits per heavy atom. The summed E-state index contributed by atoms with van der Waals surface area (Å²) in [6, 6.07) is 2.04. The maximum absolute atomic E-state index is 12.8. The highest BCUT2D eigenvalue weighted by Crippen LogP contribution is 2.40. The van der Waals surface area contributed by atoms with Crippen LogP contribution in [-0.2, 0) is 0 Å². The minimum absolute atomic E-state index is 0.0193. The first-order valence-corrected chi connectivity index (χ1v) is 7.56. The number of carbonyl (C=O) groups excluding carboxylic acids is 1. The molecule has 0 aliphatic carbocycles. The fourth-order valence-corrected chi connectivity index (χ4v) is 3.76. The zero-order valence-electron chi connectivity index (χ0n) is 13.9. The molecule has 0 atom stereocenters. The number of hydrogen-bond donors (Lipinski definition) is 5. The molecule has 1 aliphatic rings. The molecule has 0 aromatic heterocycles. The standard InChI is InChI=1S/C16H25N3O4/c1-15(2)7-9(17)8-16(3,4)19(15)14(23)18-10-5-11(20)13(22)12(21)6-10/h5-6,9,20-22H,7-8,17H2,1-4H3,(H,18,23). The Morgan fingerprint density at radius 2 is 1.57 bits per heavy atom. The fourth-order valence-electron chi connectivity index (χ4n) is 3.76. The van der Waals surface area contributed by atoms with Gasteiger partial charge in [0.1, 0.15) is 0 Å². The van der Waals surface area contributed by atoms with Crippen molar-refractivity contribution in [1.29, 1.82) is 0 Å². The first-order chi connectivity index (χ1) is 10.4. The van der Waals surface area contributed by atoms with Crippen molar-refractivity contribution in [2.24, 2.45) is 5.73 Å². The van der Waals surface area contributed by atoms with E-state index in [1.807, 2.05) is 27.7 Å². The number of benzene rings is 1. The minimum atomic E-state index is -0.618. The van der Waals surface area contributed by atoms with Crippen molar-refractivity contribution in [1.82, 2.24) is 4.90 Å². The van der Waals surface area contributed by atoms with Crippen LogP contribution < -0.4 is 11.1 Å². The first kappa shape index (κ1) is 17.2. The van der Waals surface area contributed by atoms with Crippen molar-refractivity contribution in [3.8, 4) is 17.2 Å². The fraction of sp³-hybridized carbons (Fsp3) is 0.562. The van der Waals surface area contributed by atoms with E-state index in [0.29, 0.717) is 12.8 Å². The van der Waals surface area contributed by atoms with E-state index >= 15 is 0 Å². The maximum Gasteiger partial charge on any atom is 0.322 e. The number of anilines is 1. The van der Waals surface area contributed by atoms with Crippen molar-refractivity contribution in [2.75, 3.05) is 5.32 Å².